The minimum atomic E-state index is -0.264. The quantitative estimate of drug-likeness (QED) is 0.764. The number of carbonyl (C=O) groups excluding carboxylic acids is 1. The number of rotatable bonds is 6. The Labute approximate surface area is 113 Å². The van der Waals surface area contributed by atoms with Gasteiger partial charge in [-0.1, -0.05) is 42.5 Å². The molecule has 0 aromatic heterocycles. The van der Waals surface area contributed by atoms with Crippen molar-refractivity contribution in [2.24, 2.45) is 0 Å². The molecule has 0 aliphatic carbocycles. The fourth-order valence-electron chi connectivity index (χ4n) is 2.05. The molecule has 0 heterocycles. The van der Waals surface area contributed by atoms with Crippen LogP contribution in [0.15, 0.2) is 54.6 Å². The second-order valence-electron chi connectivity index (χ2n) is 4.68. The van der Waals surface area contributed by atoms with Crippen molar-refractivity contribution in [3.05, 3.63) is 71.5 Å². The number of hydrogen-bond donors (Lipinski definition) is 0. The molecule has 2 aromatic rings. The Bertz CT molecular complexity index is 517. The van der Waals surface area contributed by atoms with Crippen molar-refractivity contribution < 1.29 is 9.18 Å². The molecule has 0 spiro atoms. The number of aryl methyl sites for hydroxylation is 1. The standard InChI is InChI=1S/C17H17FO/c18-16-11-9-15(10-12-16)13-17(19)8-4-7-14-5-2-1-3-6-14/h1-3,5-6,9-12H,4,7-8,13H2. The summed E-state index contributed by atoms with van der Waals surface area (Å²) in [7, 11) is 0. The van der Waals surface area contributed by atoms with Gasteiger partial charge in [0, 0.05) is 12.8 Å². The monoisotopic (exact) mass is 256 g/mol. The third-order valence-corrected chi connectivity index (χ3v) is 3.08. The zero-order valence-electron chi connectivity index (χ0n) is 10.8. The van der Waals surface area contributed by atoms with Gasteiger partial charge >= 0.3 is 0 Å². The number of hydrogen-bond acceptors (Lipinski definition) is 1. The summed E-state index contributed by atoms with van der Waals surface area (Å²) in [4.78, 5) is 11.8. The van der Waals surface area contributed by atoms with Crippen LogP contribution in [0.1, 0.15) is 24.0 Å². The lowest BCUT2D eigenvalue weighted by atomic mass is 10.0. The van der Waals surface area contributed by atoms with E-state index in [1.165, 1.54) is 17.7 Å². The van der Waals surface area contributed by atoms with Gasteiger partial charge in [0.1, 0.15) is 11.6 Å². The van der Waals surface area contributed by atoms with Crippen molar-refractivity contribution >= 4 is 5.78 Å². The summed E-state index contributed by atoms with van der Waals surface area (Å²) in [5, 5.41) is 0. The van der Waals surface area contributed by atoms with Gasteiger partial charge in [0.05, 0.1) is 0 Å². The van der Waals surface area contributed by atoms with Crippen molar-refractivity contribution in [2.75, 3.05) is 0 Å². The molecule has 0 fully saturated rings. The smallest absolute Gasteiger partial charge is 0.137 e. The fraction of sp³-hybridized carbons (Fsp3) is 0.235. The second kappa shape index (κ2) is 6.83. The molecule has 0 radical (unpaired) electrons. The van der Waals surface area contributed by atoms with Crippen LogP contribution < -0.4 is 0 Å². The van der Waals surface area contributed by atoms with E-state index in [4.69, 9.17) is 0 Å². The van der Waals surface area contributed by atoms with Crippen molar-refractivity contribution in [1.82, 2.24) is 0 Å². The van der Waals surface area contributed by atoms with Crippen molar-refractivity contribution in [3.63, 3.8) is 0 Å². The number of benzene rings is 2. The molecule has 0 atom stereocenters. The molecule has 98 valence electrons. The highest BCUT2D eigenvalue weighted by Gasteiger charge is 2.04. The van der Waals surface area contributed by atoms with Gasteiger partial charge in [-0.2, -0.15) is 0 Å². The molecule has 0 aliphatic heterocycles. The van der Waals surface area contributed by atoms with Crippen LogP contribution in [0.5, 0.6) is 0 Å². The van der Waals surface area contributed by atoms with E-state index >= 15 is 0 Å². The van der Waals surface area contributed by atoms with E-state index in [1.54, 1.807) is 12.1 Å². The molecule has 0 aliphatic rings. The van der Waals surface area contributed by atoms with Crippen molar-refractivity contribution in [3.8, 4) is 0 Å². The first-order chi connectivity index (χ1) is 9.24. The first kappa shape index (κ1) is 13.5. The van der Waals surface area contributed by atoms with Crippen LogP contribution in [0, 0.1) is 5.82 Å². The molecule has 0 saturated heterocycles. The second-order valence-corrected chi connectivity index (χ2v) is 4.68. The van der Waals surface area contributed by atoms with Crippen LogP contribution >= 0.6 is 0 Å². The molecule has 2 rings (SSSR count). The zero-order valence-corrected chi connectivity index (χ0v) is 10.8. The number of halogens is 1. The summed E-state index contributed by atoms with van der Waals surface area (Å²) in [5.41, 5.74) is 2.14. The van der Waals surface area contributed by atoms with Gasteiger partial charge in [-0.25, -0.2) is 4.39 Å². The molecule has 1 nitrogen and oxygen atoms in total. The molecule has 2 heteroatoms. The van der Waals surface area contributed by atoms with Crippen LogP contribution in [-0.4, -0.2) is 5.78 Å². The van der Waals surface area contributed by atoms with Gasteiger partial charge in [-0.05, 0) is 36.1 Å². The number of carbonyl (C=O) groups is 1. The Balaban J connectivity index is 1.74. The first-order valence-corrected chi connectivity index (χ1v) is 6.54. The minimum absolute atomic E-state index is 0.211. The normalized spacial score (nSPS) is 10.4. The Morgan fingerprint density at radius 3 is 2.26 bits per heavy atom. The fourth-order valence-corrected chi connectivity index (χ4v) is 2.05. The third-order valence-electron chi connectivity index (χ3n) is 3.08. The molecular formula is C17H17FO. The predicted molar refractivity (Wildman–Crippen MR) is 74.5 cm³/mol. The maximum atomic E-state index is 12.7. The van der Waals surface area contributed by atoms with Gasteiger partial charge in [0.15, 0.2) is 0 Å². The van der Waals surface area contributed by atoms with E-state index in [0.717, 1.165) is 18.4 Å². The van der Waals surface area contributed by atoms with Crippen molar-refractivity contribution in [1.29, 1.82) is 0 Å². The van der Waals surface area contributed by atoms with Crippen LogP contribution in [0.2, 0.25) is 0 Å². The molecule has 2 aromatic carbocycles. The summed E-state index contributed by atoms with van der Waals surface area (Å²) in [5.74, 6) is -0.0529. The molecule has 0 amide bonds. The lowest BCUT2D eigenvalue weighted by molar-refractivity contribution is -0.118. The van der Waals surface area contributed by atoms with E-state index in [2.05, 4.69) is 12.1 Å². The Morgan fingerprint density at radius 1 is 0.895 bits per heavy atom. The van der Waals surface area contributed by atoms with Gasteiger partial charge in [0.25, 0.3) is 0 Å². The van der Waals surface area contributed by atoms with E-state index in [0.29, 0.717) is 12.8 Å². The highest BCUT2D eigenvalue weighted by atomic mass is 19.1. The lowest BCUT2D eigenvalue weighted by Crippen LogP contribution is -2.03. The largest absolute Gasteiger partial charge is 0.299 e. The lowest BCUT2D eigenvalue weighted by Gasteiger charge is -2.02. The van der Waals surface area contributed by atoms with Crippen LogP contribution in [0.4, 0.5) is 4.39 Å². The maximum absolute atomic E-state index is 12.7. The topological polar surface area (TPSA) is 17.1 Å². The Morgan fingerprint density at radius 2 is 1.58 bits per heavy atom. The number of Topliss-reactive ketones (excluding diaryl/α,β-unsaturated/α-hetero) is 1. The van der Waals surface area contributed by atoms with Gasteiger partial charge in [-0.15, -0.1) is 0 Å². The van der Waals surface area contributed by atoms with E-state index < -0.39 is 0 Å². The van der Waals surface area contributed by atoms with Crippen LogP contribution in [-0.2, 0) is 17.6 Å². The highest BCUT2D eigenvalue weighted by Crippen LogP contribution is 2.08. The summed E-state index contributed by atoms with van der Waals surface area (Å²) in [6, 6.07) is 16.3. The Hall–Kier alpha value is -1.96. The summed E-state index contributed by atoms with van der Waals surface area (Å²) < 4.78 is 12.7. The molecule has 19 heavy (non-hydrogen) atoms. The molecule has 0 bridgehead atoms. The molecule has 0 N–H and O–H groups in total. The van der Waals surface area contributed by atoms with E-state index in [1.807, 2.05) is 18.2 Å². The molecule has 0 unspecified atom stereocenters. The average Bonchev–Trinajstić information content (AvgIpc) is 2.43. The van der Waals surface area contributed by atoms with Crippen molar-refractivity contribution in [2.45, 2.75) is 25.7 Å². The maximum Gasteiger partial charge on any atom is 0.137 e. The average molecular weight is 256 g/mol. The van der Waals surface area contributed by atoms with Gasteiger partial charge < -0.3 is 0 Å². The first-order valence-electron chi connectivity index (χ1n) is 6.54. The summed E-state index contributed by atoms with van der Waals surface area (Å²) in [6.45, 7) is 0. The molecule has 0 saturated carbocycles. The number of ketones is 1. The van der Waals surface area contributed by atoms with E-state index in [9.17, 15) is 9.18 Å². The third kappa shape index (κ3) is 4.66. The van der Waals surface area contributed by atoms with E-state index in [-0.39, 0.29) is 11.6 Å². The summed E-state index contributed by atoms with van der Waals surface area (Å²) >= 11 is 0. The minimum Gasteiger partial charge on any atom is -0.299 e. The van der Waals surface area contributed by atoms with Gasteiger partial charge in [-0.3, -0.25) is 4.79 Å². The summed E-state index contributed by atoms with van der Waals surface area (Å²) in [6.07, 6.45) is 2.77. The SMILES string of the molecule is O=C(CCCc1ccccc1)Cc1ccc(F)cc1. The van der Waals surface area contributed by atoms with Crippen LogP contribution in [0.25, 0.3) is 0 Å². The van der Waals surface area contributed by atoms with Crippen LogP contribution in [0.3, 0.4) is 0 Å². The molecular weight excluding hydrogens is 239 g/mol. The Kier molecular flexibility index (Phi) is 4.85. The van der Waals surface area contributed by atoms with Gasteiger partial charge in [0.2, 0.25) is 0 Å². The highest BCUT2D eigenvalue weighted by molar-refractivity contribution is 5.80. The predicted octanol–water partition coefficient (Wildman–Crippen LogP) is 3.96. The zero-order chi connectivity index (χ0) is 13.5.